The van der Waals surface area contributed by atoms with Crippen molar-refractivity contribution >= 4 is 17.3 Å². The third-order valence-corrected chi connectivity index (χ3v) is 3.34. The van der Waals surface area contributed by atoms with Crippen LogP contribution in [0.3, 0.4) is 0 Å². The van der Waals surface area contributed by atoms with Crippen molar-refractivity contribution in [3.63, 3.8) is 0 Å². The van der Waals surface area contributed by atoms with Crippen molar-refractivity contribution in [3.05, 3.63) is 63.7 Å². The number of halogens is 3. The Balaban J connectivity index is 2.28. The predicted octanol–water partition coefficient (Wildman–Crippen LogP) is 4.41. The fraction of sp³-hybridized carbons (Fsp3) is 0.133. The molecule has 0 fully saturated rings. The Labute approximate surface area is 120 Å². The van der Waals surface area contributed by atoms with E-state index < -0.39 is 11.6 Å². The van der Waals surface area contributed by atoms with Crippen molar-refractivity contribution in [2.45, 2.75) is 13.5 Å². The number of benzene rings is 2. The molecule has 1 N–H and O–H groups in total. The second-order valence-corrected chi connectivity index (χ2v) is 4.70. The van der Waals surface area contributed by atoms with Crippen molar-refractivity contribution in [2.75, 3.05) is 5.32 Å². The van der Waals surface area contributed by atoms with Gasteiger partial charge >= 0.3 is 0 Å². The summed E-state index contributed by atoms with van der Waals surface area (Å²) in [5.41, 5.74) is 1.32. The average Bonchev–Trinajstić information content (AvgIpc) is 2.42. The van der Waals surface area contributed by atoms with Crippen molar-refractivity contribution in [2.24, 2.45) is 0 Å². The zero-order chi connectivity index (χ0) is 14.7. The summed E-state index contributed by atoms with van der Waals surface area (Å²) in [4.78, 5) is 0. The number of nitrogens with zero attached hydrogens (tertiary/aromatic N) is 1. The van der Waals surface area contributed by atoms with Gasteiger partial charge in [0.15, 0.2) is 0 Å². The smallest absolute Gasteiger partial charge is 0.129 e. The van der Waals surface area contributed by atoms with Crippen LogP contribution >= 0.6 is 11.6 Å². The fourth-order valence-corrected chi connectivity index (χ4v) is 2.04. The summed E-state index contributed by atoms with van der Waals surface area (Å²) in [5.74, 6) is -0.911. The number of rotatable bonds is 3. The van der Waals surface area contributed by atoms with E-state index in [2.05, 4.69) is 5.32 Å². The molecule has 0 atom stereocenters. The summed E-state index contributed by atoms with van der Waals surface area (Å²) in [5, 5.41) is 12.0. The van der Waals surface area contributed by atoms with Crippen molar-refractivity contribution in [3.8, 4) is 6.07 Å². The van der Waals surface area contributed by atoms with E-state index in [4.69, 9.17) is 16.9 Å². The summed E-state index contributed by atoms with van der Waals surface area (Å²) >= 11 is 5.92. The maximum atomic E-state index is 13.6. The Hall–Kier alpha value is -2.12. The van der Waals surface area contributed by atoms with E-state index in [1.807, 2.05) is 6.07 Å². The van der Waals surface area contributed by atoms with Crippen LogP contribution in [-0.2, 0) is 6.54 Å². The SMILES string of the molecule is Cc1c(F)cc(C#N)cc1NCc1c(F)cccc1Cl. The van der Waals surface area contributed by atoms with Gasteiger partial charge in [0.1, 0.15) is 11.6 Å². The van der Waals surface area contributed by atoms with Crippen LogP contribution in [0, 0.1) is 29.9 Å². The molecule has 0 heterocycles. The van der Waals surface area contributed by atoms with E-state index in [0.29, 0.717) is 21.8 Å². The van der Waals surface area contributed by atoms with E-state index in [1.165, 1.54) is 18.2 Å². The first-order valence-corrected chi connectivity index (χ1v) is 6.27. The standard InChI is InChI=1S/C15H11ClF2N2/c1-9-14(18)5-10(7-19)6-15(9)20-8-11-12(16)3-2-4-13(11)17/h2-6,20H,8H2,1H3. The molecule has 0 unspecified atom stereocenters. The zero-order valence-electron chi connectivity index (χ0n) is 10.7. The van der Waals surface area contributed by atoms with Gasteiger partial charge in [-0.15, -0.1) is 0 Å². The Morgan fingerprint density at radius 3 is 2.65 bits per heavy atom. The van der Waals surface area contributed by atoms with Crippen LogP contribution in [-0.4, -0.2) is 0 Å². The molecule has 0 aliphatic rings. The van der Waals surface area contributed by atoms with Gasteiger partial charge in [-0.3, -0.25) is 0 Å². The number of hydrogen-bond acceptors (Lipinski definition) is 2. The maximum absolute atomic E-state index is 13.6. The quantitative estimate of drug-likeness (QED) is 0.909. The van der Waals surface area contributed by atoms with Gasteiger partial charge in [-0.2, -0.15) is 5.26 Å². The average molecular weight is 293 g/mol. The Kier molecular flexibility index (Phi) is 4.21. The minimum absolute atomic E-state index is 0.112. The van der Waals surface area contributed by atoms with Crippen LogP contribution < -0.4 is 5.32 Å². The Bertz CT molecular complexity index is 673. The van der Waals surface area contributed by atoms with Crippen LogP contribution in [0.25, 0.3) is 0 Å². The van der Waals surface area contributed by atoms with Gasteiger partial charge in [-0.05, 0) is 31.2 Å². The van der Waals surface area contributed by atoms with Crippen LogP contribution in [0.5, 0.6) is 0 Å². The second kappa shape index (κ2) is 5.89. The highest BCUT2D eigenvalue weighted by Gasteiger charge is 2.10. The van der Waals surface area contributed by atoms with Gasteiger partial charge < -0.3 is 5.32 Å². The van der Waals surface area contributed by atoms with Gasteiger partial charge in [-0.1, -0.05) is 17.7 Å². The lowest BCUT2D eigenvalue weighted by molar-refractivity contribution is 0.612. The first-order chi connectivity index (χ1) is 9.52. The molecule has 0 saturated heterocycles. The van der Waals surface area contributed by atoms with E-state index >= 15 is 0 Å². The summed E-state index contributed by atoms with van der Waals surface area (Å²) in [7, 11) is 0. The number of nitrogens with one attached hydrogen (secondary N) is 1. The molecule has 2 aromatic carbocycles. The van der Waals surface area contributed by atoms with Crippen LogP contribution in [0.15, 0.2) is 30.3 Å². The number of anilines is 1. The monoisotopic (exact) mass is 292 g/mol. The topological polar surface area (TPSA) is 35.8 Å². The molecular weight excluding hydrogens is 282 g/mol. The van der Waals surface area contributed by atoms with Crippen LogP contribution in [0.4, 0.5) is 14.5 Å². The lowest BCUT2D eigenvalue weighted by Crippen LogP contribution is -2.05. The number of nitriles is 1. The lowest BCUT2D eigenvalue weighted by Gasteiger charge is -2.12. The summed E-state index contributed by atoms with van der Waals surface area (Å²) in [6.07, 6.45) is 0. The minimum atomic E-state index is -0.480. The zero-order valence-corrected chi connectivity index (χ0v) is 11.4. The third kappa shape index (κ3) is 2.89. The summed E-state index contributed by atoms with van der Waals surface area (Å²) in [6, 6.07) is 8.97. The minimum Gasteiger partial charge on any atom is -0.380 e. The molecule has 102 valence electrons. The van der Waals surface area contributed by atoms with Gasteiger partial charge in [0, 0.05) is 28.4 Å². The van der Waals surface area contributed by atoms with E-state index in [-0.39, 0.29) is 12.1 Å². The highest BCUT2D eigenvalue weighted by Crippen LogP contribution is 2.24. The summed E-state index contributed by atoms with van der Waals surface area (Å²) in [6.45, 7) is 1.70. The molecular formula is C15H11ClF2N2. The Morgan fingerprint density at radius 1 is 1.25 bits per heavy atom. The predicted molar refractivity (Wildman–Crippen MR) is 74.6 cm³/mol. The molecule has 0 aliphatic carbocycles. The highest BCUT2D eigenvalue weighted by molar-refractivity contribution is 6.31. The molecule has 2 aromatic rings. The highest BCUT2D eigenvalue weighted by atomic mass is 35.5. The molecule has 0 bridgehead atoms. The van der Waals surface area contributed by atoms with Gasteiger partial charge in [0.05, 0.1) is 11.6 Å². The van der Waals surface area contributed by atoms with Crippen molar-refractivity contribution < 1.29 is 8.78 Å². The van der Waals surface area contributed by atoms with E-state index in [9.17, 15) is 8.78 Å². The fourth-order valence-electron chi connectivity index (χ4n) is 1.81. The molecule has 0 saturated carbocycles. The lowest BCUT2D eigenvalue weighted by atomic mass is 10.1. The van der Waals surface area contributed by atoms with Crippen LogP contribution in [0.2, 0.25) is 5.02 Å². The molecule has 0 amide bonds. The molecule has 20 heavy (non-hydrogen) atoms. The third-order valence-electron chi connectivity index (χ3n) is 2.99. The first kappa shape index (κ1) is 14.3. The Morgan fingerprint density at radius 2 is 2.00 bits per heavy atom. The molecule has 0 radical (unpaired) electrons. The molecule has 0 aliphatic heterocycles. The molecule has 2 nitrogen and oxygen atoms in total. The van der Waals surface area contributed by atoms with Gasteiger partial charge in [0.2, 0.25) is 0 Å². The van der Waals surface area contributed by atoms with Crippen molar-refractivity contribution in [1.29, 1.82) is 5.26 Å². The van der Waals surface area contributed by atoms with Gasteiger partial charge in [-0.25, -0.2) is 8.78 Å². The maximum Gasteiger partial charge on any atom is 0.129 e. The molecule has 0 aromatic heterocycles. The number of hydrogen-bond donors (Lipinski definition) is 1. The van der Waals surface area contributed by atoms with E-state index in [1.54, 1.807) is 13.0 Å². The molecule has 2 rings (SSSR count). The van der Waals surface area contributed by atoms with Gasteiger partial charge in [0.25, 0.3) is 0 Å². The van der Waals surface area contributed by atoms with Crippen LogP contribution in [0.1, 0.15) is 16.7 Å². The second-order valence-electron chi connectivity index (χ2n) is 4.30. The van der Waals surface area contributed by atoms with Crippen molar-refractivity contribution in [1.82, 2.24) is 0 Å². The normalized spacial score (nSPS) is 10.2. The first-order valence-electron chi connectivity index (χ1n) is 5.90. The largest absolute Gasteiger partial charge is 0.380 e. The summed E-state index contributed by atoms with van der Waals surface area (Å²) < 4.78 is 27.2. The van der Waals surface area contributed by atoms with E-state index in [0.717, 1.165) is 6.07 Å². The molecule has 5 heteroatoms. The molecule has 0 spiro atoms.